The Morgan fingerprint density at radius 1 is 1.70 bits per heavy atom. The fourth-order valence-corrected chi connectivity index (χ4v) is 0.841. The Morgan fingerprint density at radius 3 is 3.40 bits per heavy atom. The minimum absolute atomic E-state index is 0.559. The summed E-state index contributed by atoms with van der Waals surface area (Å²) in [6, 6.07) is 0. The SMILES string of the molecule is C=Nc1ncc2occn12. The highest BCUT2D eigenvalue weighted by molar-refractivity contribution is 5.44. The molecular formula is C6H5N3O. The van der Waals surface area contributed by atoms with Crippen LogP contribution in [0.15, 0.2) is 28.1 Å². The fourth-order valence-electron chi connectivity index (χ4n) is 0.841. The summed E-state index contributed by atoms with van der Waals surface area (Å²) in [6.45, 7) is 3.36. The van der Waals surface area contributed by atoms with E-state index in [2.05, 4.69) is 16.7 Å². The molecular weight excluding hydrogens is 130 g/mol. The molecule has 4 heteroatoms. The van der Waals surface area contributed by atoms with E-state index in [1.54, 1.807) is 23.1 Å². The molecule has 0 amide bonds. The van der Waals surface area contributed by atoms with E-state index in [1.165, 1.54) is 0 Å². The maximum Gasteiger partial charge on any atom is 0.236 e. The van der Waals surface area contributed by atoms with Gasteiger partial charge in [-0.3, -0.25) is 4.40 Å². The summed E-state index contributed by atoms with van der Waals surface area (Å²) in [5.74, 6) is 0.559. The van der Waals surface area contributed by atoms with Gasteiger partial charge in [-0.25, -0.2) is 9.98 Å². The molecule has 0 saturated carbocycles. The molecule has 0 aliphatic rings. The number of oxazole rings is 1. The number of nitrogens with zero attached hydrogens (tertiary/aromatic N) is 3. The van der Waals surface area contributed by atoms with Crippen LogP contribution >= 0.6 is 0 Å². The van der Waals surface area contributed by atoms with Crippen molar-refractivity contribution in [2.45, 2.75) is 0 Å². The van der Waals surface area contributed by atoms with Crippen LogP contribution in [0.2, 0.25) is 0 Å². The lowest BCUT2D eigenvalue weighted by atomic mass is 10.9. The van der Waals surface area contributed by atoms with Crippen LogP contribution < -0.4 is 0 Å². The molecule has 4 nitrogen and oxygen atoms in total. The first kappa shape index (κ1) is 5.22. The van der Waals surface area contributed by atoms with Gasteiger partial charge in [-0.15, -0.1) is 0 Å². The molecule has 0 radical (unpaired) electrons. The second-order valence-corrected chi connectivity index (χ2v) is 1.83. The summed E-state index contributed by atoms with van der Waals surface area (Å²) in [5.41, 5.74) is 0.683. The first-order valence-corrected chi connectivity index (χ1v) is 2.79. The first-order valence-electron chi connectivity index (χ1n) is 2.79. The van der Waals surface area contributed by atoms with Crippen molar-refractivity contribution < 1.29 is 4.42 Å². The van der Waals surface area contributed by atoms with Gasteiger partial charge in [-0.05, 0) is 6.72 Å². The topological polar surface area (TPSA) is 42.8 Å². The molecule has 2 heterocycles. The summed E-state index contributed by atoms with van der Waals surface area (Å²) in [5, 5.41) is 0. The number of imidazole rings is 1. The van der Waals surface area contributed by atoms with Crippen molar-refractivity contribution >= 4 is 18.4 Å². The molecule has 50 valence electrons. The standard InChI is InChI=1S/C6H5N3O/c1-7-6-8-4-5-9(6)2-3-10-5/h2-4H,1H2. The highest BCUT2D eigenvalue weighted by Gasteiger charge is 2.00. The predicted molar refractivity (Wildman–Crippen MR) is 36.7 cm³/mol. The maximum absolute atomic E-state index is 5.01. The van der Waals surface area contributed by atoms with Crippen LogP contribution in [0.25, 0.3) is 5.71 Å². The van der Waals surface area contributed by atoms with E-state index in [0.717, 1.165) is 0 Å². The summed E-state index contributed by atoms with van der Waals surface area (Å²) < 4.78 is 6.73. The summed E-state index contributed by atoms with van der Waals surface area (Å²) in [6.07, 6.45) is 4.92. The minimum Gasteiger partial charge on any atom is -0.445 e. The number of aromatic nitrogens is 2. The normalized spacial score (nSPS) is 10.4. The van der Waals surface area contributed by atoms with Crippen LogP contribution in [0, 0.1) is 0 Å². The molecule has 0 fully saturated rings. The zero-order valence-electron chi connectivity index (χ0n) is 5.19. The van der Waals surface area contributed by atoms with E-state index in [-0.39, 0.29) is 0 Å². The lowest BCUT2D eigenvalue weighted by molar-refractivity contribution is 0.608. The van der Waals surface area contributed by atoms with Gasteiger partial charge in [0.2, 0.25) is 11.7 Å². The Bertz CT molecular complexity index is 360. The molecule has 2 rings (SSSR count). The van der Waals surface area contributed by atoms with Gasteiger partial charge in [0.05, 0.1) is 12.4 Å². The van der Waals surface area contributed by atoms with Gasteiger partial charge in [0, 0.05) is 0 Å². The molecule has 0 N–H and O–H groups in total. The van der Waals surface area contributed by atoms with Gasteiger partial charge < -0.3 is 4.42 Å². The van der Waals surface area contributed by atoms with Gasteiger partial charge >= 0.3 is 0 Å². The molecule has 0 spiro atoms. The average Bonchev–Trinajstić information content (AvgIpc) is 2.44. The lowest BCUT2D eigenvalue weighted by Crippen LogP contribution is -1.73. The zero-order chi connectivity index (χ0) is 6.97. The minimum atomic E-state index is 0.559. The second kappa shape index (κ2) is 1.70. The third kappa shape index (κ3) is 0.500. The highest BCUT2D eigenvalue weighted by atomic mass is 16.3. The van der Waals surface area contributed by atoms with Crippen molar-refractivity contribution in [1.82, 2.24) is 9.38 Å². The van der Waals surface area contributed by atoms with Crippen LogP contribution in [-0.2, 0) is 0 Å². The molecule has 0 saturated heterocycles. The molecule has 2 aromatic rings. The van der Waals surface area contributed by atoms with E-state index in [4.69, 9.17) is 4.42 Å². The zero-order valence-corrected chi connectivity index (χ0v) is 5.19. The number of hydrogen-bond donors (Lipinski definition) is 0. The van der Waals surface area contributed by atoms with Gasteiger partial charge in [0.1, 0.15) is 6.26 Å². The van der Waals surface area contributed by atoms with Crippen LogP contribution in [0.1, 0.15) is 0 Å². The van der Waals surface area contributed by atoms with Gasteiger partial charge in [0.15, 0.2) is 0 Å². The highest BCUT2D eigenvalue weighted by Crippen LogP contribution is 2.12. The molecule has 0 aliphatic heterocycles. The van der Waals surface area contributed by atoms with Crippen molar-refractivity contribution in [3.05, 3.63) is 18.7 Å². The Balaban J connectivity index is 2.88. The van der Waals surface area contributed by atoms with Crippen molar-refractivity contribution in [3.63, 3.8) is 0 Å². The molecule has 10 heavy (non-hydrogen) atoms. The van der Waals surface area contributed by atoms with Crippen LogP contribution in [0.4, 0.5) is 5.95 Å². The van der Waals surface area contributed by atoms with Crippen LogP contribution in [-0.4, -0.2) is 16.1 Å². The van der Waals surface area contributed by atoms with E-state index in [0.29, 0.717) is 11.7 Å². The summed E-state index contributed by atoms with van der Waals surface area (Å²) in [7, 11) is 0. The van der Waals surface area contributed by atoms with Gasteiger partial charge in [0.25, 0.3) is 0 Å². The number of aliphatic imine (C=N–C) groups is 1. The smallest absolute Gasteiger partial charge is 0.236 e. The Hall–Kier alpha value is -1.58. The van der Waals surface area contributed by atoms with E-state index < -0.39 is 0 Å². The molecule has 0 bridgehead atoms. The van der Waals surface area contributed by atoms with Gasteiger partial charge in [-0.1, -0.05) is 0 Å². The van der Waals surface area contributed by atoms with Crippen molar-refractivity contribution in [2.75, 3.05) is 0 Å². The first-order chi connectivity index (χ1) is 4.92. The molecule has 0 aromatic carbocycles. The van der Waals surface area contributed by atoms with Crippen molar-refractivity contribution in [2.24, 2.45) is 4.99 Å². The predicted octanol–water partition coefficient (Wildman–Crippen LogP) is 1.26. The average molecular weight is 135 g/mol. The maximum atomic E-state index is 5.01. The molecule has 2 aromatic heterocycles. The number of rotatable bonds is 1. The molecule has 0 atom stereocenters. The number of fused-ring (bicyclic) bond motifs is 1. The fraction of sp³-hybridized carbons (Fsp3) is 0. The summed E-state index contributed by atoms with van der Waals surface area (Å²) in [4.78, 5) is 7.59. The quantitative estimate of drug-likeness (QED) is 0.552. The Kier molecular flexibility index (Phi) is 0.887. The largest absolute Gasteiger partial charge is 0.445 e. The van der Waals surface area contributed by atoms with Crippen molar-refractivity contribution in [1.29, 1.82) is 0 Å². The summed E-state index contributed by atoms with van der Waals surface area (Å²) >= 11 is 0. The Labute approximate surface area is 56.8 Å². The Morgan fingerprint density at radius 2 is 2.60 bits per heavy atom. The van der Waals surface area contributed by atoms with E-state index >= 15 is 0 Å². The molecule has 0 unspecified atom stereocenters. The van der Waals surface area contributed by atoms with Crippen molar-refractivity contribution in [3.8, 4) is 0 Å². The van der Waals surface area contributed by atoms with E-state index in [1.807, 2.05) is 0 Å². The van der Waals surface area contributed by atoms with E-state index in [9.17, 15) is 0 Å². The second-order valence-electron chi connectivity index (χ2n) is 1.83. The number of hydrogen-bond acceptors (Lipinski definition) is 3. The third-order valence-corrected chi connectivity index (χ3v) is 1.28. The monoisotopic (exact) mass is 135 g/mol. The van der Waals surface area contributed by atoms with Gasteiger partial charge in [-0.2, -0.15) is 0 Å². The van der Waals surface area contributed by atoms with Crippen LogP contribution in [0.3, 0.4) is 0 Å². The molecule has 0 aliphatic carbocycles. The van der Waals surface area contributed by atoms with Crippen LogP contribution in [0.5, 0.6) is 0 Å². The third-order valence-electron chi connectivity index (χ3n) is 1.28. The lowest BCUT2D eigenvalue weighted by Gasteiger charge is -1.81.